The van der Waals surface area contributed by atoms with Crippen molar-refractivity contribution in [3.05, 3.63) is 59.8 Å². The summed E-state index contributed by atoms with van der Waals surface area (Å²) in [6.45, 7) is 14.3. The third kappa shape index (κ3) is 3.63. The molecule has 1 unspecified atom stereocenters. The van der Waals surface area contributed by atoms with E-state index in [4.69, 9.17) is 0 Å². The highest BCUT2D eigenvalue weighted by Crippen LogP contribution is 2.41. The van der Waals surface area contributed by atoms with E-state index < -0.39 is 0 Å². The Labute approximate surface area is 136 Å². The molecule has 0 amide bonds. The van der Waals surface area contributed by atoms with Crippen LogP contribution in [0.4, 0.5) is 0 Å². The van der Waals surface area contributed by atoms with Crippen molar-refractivity contribution in [1.82, 2.24) is 4.90 Å². The zero-order valence-electron chi connectivity index (χ0n) is 14.7. The van der Waals surface area contributed by atoms with Crippen LogP contribution >= 0.6 is 0 Å². The molecule has 0 saturated carbocycles. The van der Waals surface area contributed by atoms with Crippen LogP contribution in [0.3, 0.4) is 0 Å². The molecule has 2 rings (SSSR count). The van der Waals surface area contributed by atoms with Gasteiger partial charge in [-0.3, -0.25) is 0 Å². The van der Waals surface area contributed by atoms with Gasteiger partial charge >= 0.3 is 0 Å². The summed E-state index contributed by atoms with van der Waals surface area (Å²) in [6.07, 6.45) is 9.23. The minimum absolute atomic E-state index is 0.268. The number of hydrogen-bond donors (Lipinski definition) is 0. The molecule has 22 heavy (non-hydrogen) atoms. The number of rotatable bonds is 7. The van der Waals surface area contributed by atoms with Gasteiger partial charge in [-0.1, -0.05) is 77.1 Å². The van der Waals surface area contributed by atoms with Gasteiger partial charge in [-0.15, -0.1) is 0 Å². The van der Waals surface area contributed by atoms with E-state index in [0.29, 0.717) is 6.04 Å². The van der Waals surface area contributed by atoms with Crippen molar-refractivity contribution in [2.75, 3.05) is 6.54 Å². The zero-order valence-corrected chi connectivity index (χ0v) is 14.7. The van der Waals surface area contributed by atoms with Crippen molar-refractivity contribution < 1.29 is 0 Å². The molecule has 1 heteroatoms. The first kappa shape index (κ1) is 16.9. The lowest BCUT2D eigenvalue weighted by atomic mass is 9.81. The van der Waals surface area contributed by atoms with Crippen LogP contribution in [-0.2, 0) is 5.41 Å². The Kier molecular flexibility index (Phi) is 5.50. The van der Waals surface area contributed by atoms with Crippen molar-refractivity contribution in [1.29, 1.82) is 0 Å². The Bertz CT molecular complexity index is 521. The third-order valence-electron chi connectivity index (χ3n) is 5.10. The molecule has 1 aromatic rings. The molecule has 1 heterocycles. The van der Waals surface area contributed by atoms with Gasteiger partial charge in [0.05, 0.1) is 6.04 Å². The normalized spacial score (nSPS) is 18.8. The zero-order chi connectivity index (χ0) is 16.2. The Balaban J connectivity index is 2.03. The summed E-state index contributed by atoms with van der Waals surface area (Å²) in [5.74, 6) is 0. The molecule has 0 aliphatic carbocycles. The van der Waals surface area contributed by atoms with Crippen LogP contribution in [0.15, 0.2) is 48.7 Å². The minimum atomic E-state index is 0.268. The molecule has 1 aliphatic heterocycles. The molecule has 1 aromatic carbocycles. The SMILES string of the molecule is C=C1CC(c2ccc(C(C)(C)CC)cc2)N1C/C=C\CCC. The monoisotopic (exact) mass is 297 g/mol. The maximum atomic E-state index is 4.18. The van der Waals surface area contributed by atoms with Crippen LogP contribution in [0.1, 0.15) is 70.5 Å². The molecule has 0 N–H and O–H groups in total. The van der Waals surface area contributed by atoms with Gasteiger partial charge in [-0.25, -0.2) is 0 Å². The van der Waals surface area contributed by atoms with Crippen LogP contribution in [0.25, 0.3) is 0 Å². The molecule has 0 spiro atoms. The second-order valence-corrected chi connectivity index (χ2v) is 7.06. The second-order valence-electron chi connectivity index (χ2n) is 7.06. The molecule has 1 saturated heterocycles. The smallest absolute Gasteiger partial charge is 0.0597 e. The topological polar surface area (TPSA) is 3.24 Å². The van der Waals surface area contributed by atoms with Crippen molar-refractivity contribution >= 4 is 0 Å². The molecule has 0 aromatic heterocycles. The highest BCUT2D eigenvalue weighted by atomic mass is 15.2. The molecule has 120 valence electrons. The molecule has 1 nitrogen and oxygen atoms in total. The van der Waals surface area contributed by atoms with Gasteiger partial charge in [0.25, 0.3) is 0 Å². The van der Waals surface area contributed by atoms with Gasteiger partial charge in [-0.05, 0) is 29.4 Å². The fourth-order valence-corrected chi connectivity index (χ4v) is 2.95. The summed E-state index contributed by atoms with van der Waals surface area (Å²) in [6, 6.07) is 9.76. The van der Waals surface area contributed by atoms with Crippen molar-refractivity contribution in [2.45, 2.75) is 64.8 Å². The van der Waals surface area contributed by atoms with Crippen molar-refractivity contribution in [2.24, 2.45) is 0 Å². The number of benzene rings is 1. The first-order chi connectivity index (χ1) is 10.5. The van der Waals surface area contributed by atoms with Crippen LogP contribution < -0.4 is 0 Å². The molecule has 0 bridgehead atoms. The Morgan fingerprint density at radius 1 is 1.18 bits per heavy atom. The van der Waals surface area contributed by atoms with Crippen LogP contribution in [0, 0.1) is 0 Å². The van der Waals surface area contributed by atoms with E-state index >= 15 is 0 Å². The Morgan fingerprint density at radius 2 is 1.86 bits per heavy atom. The standard InChI is InChI=1S/C21H31N/c1-6-8-9-10-15-22-17(3)16-20(22)18-11-13-19(14-12-18)21(4,5)7-2/h9-14,20H,3,6-8,15-16H2,1-2,4-5H3/b10-9-. The van der Waals surface area contributed by atoms with Gasteiger partial charge in [0.1, 0.15) is 0 Å². The summed E-state index contributed by atoms with van der Waals surface area (Å²) in [5, 5.41) is 0. The number of unbranched alkanes of at least 4 members (excludes halogenated alkanes) is 1. The molecular weight excluding hydrogens is 266 g/mol. The second kappa shape index (κ2) is 7.17. The summed E-state index contributed by atoms with van der Waals surface area (Å²) >= 11 is 0. The van der Waals surface area contributed by atoms with E-state index in [2.05, 4.69) is 75.6 Å². The van der Waals surface area contributed by atoms with E-state index in [1.165, 1.54) is 36.1 Å². The summed E-state index contributed by atoms with van der Waals surface area (Å²) in [7, 11) is 0. The van der Waals surface area contributed by atoms with Gasteiger partial charge in [0, 0.05) is 18.7 Å². The number of nitrogens with zero attached hydrogens (tertiary/aromatic N) is 1. The number of hydrogen-bond acceptors (Lipinski definition) is 1. The van der Waals surface area contributed by atoms with Crippen LogP contribution in [-0.4, -0.2) is 11.4 Å². The van der Waals surface area contributed by atoms with E-state index in [-0.39, 0.29) is 5.41 Å². The first-order valence-corrected chi connectivity index (χ1v) is 8.69. The Hall–Kier alpha value is -1.50. The van der Waals surface area contributed by atoms with Crippen LogP contribution in [0.5, 0.6) is 0 Å². The van der Waals surface area contributed by atoms with Gasteiger partial charge < -0.3 is 4.90 Å². The van der Waals surface area contributed by atoms with Crippen molar-refractivity contribution in [3.8, 4) is 0 Å². The van der Waals surface area contributed by atoms with Gasteiger partial charge in [0.15, 0.2) is 0 Å². The quantitative estimate of drug-likeness (QED) is 0.559. The lowest BCUT2D eigenvalue weighted by Crippen LogP contribution is -2.38. The number of likely N-dealkylation sites (tertiary alicyclic amines) is 1. The summed E-state index contributed by atoms with van der Waals surface area (Å²) in [4.78, 5) is 2.42. The summed E-state index contributed by atoms with van der Waals surface area (Å²) in [5.41, 5.74) is 4.40. The lowest BCUT2D eigenvalue weighted by molar-refractivity contribution is 0.178. The maximum Gasteiger partial charge on any atom is 0.0597 e. The fourth-order valence-electron chi connectivity index (χ4n) is 2.95. The molecule has 1 atom stereocenters. The van der Waals surface area contributed by atoms with E-state index in [9.17, 15) is 0 Å². The largest absolute Gasteiger partial charge is 0.364 e. The molecule has 0 radical (unpaired) electrons. The molecular formula is C21H31N. The van der Waals surface area contributed by atoms with E-state index in [1.54, 1.807) is 0 Å². The highest BCUT2D eigenvalue weighted by Gasteiger charge is 2.31. The van der Waals surface area contributed by atoms with Gasteiger partial charge in [0.2, 0.25) is 0 Å². The van der Waals surface area contributed by atoms with Crippen molar-refractivity contribution in [3.63, 3.8) is 0 Å². The number of allylic oxidation sites excluding steroid dienone is 1. The predicted molar refractivity (Wildman–Crippen MR) is 97.0 cm³/mol. The lowest BCUT2D eigenvalue weighted by Gasteiger charge is -2.45. The predicted octanol–water partition coefficient (Wildman–Crippen LogP) is 5.99. The summed E-state index contributed by atoms with van der Waals surface area (Å²) < 4.78 is 0. The molecule has 1 aliphatic rings. The van der Waals surface area contributed by atoms with Gasteiger partial charge in [-0.2, -0.15) is 0 Å². The first-order valence-electron chi connectivity index (χ1n) is 8.69. The van der Waals surface area contributed by atoms with E-state index in [0.717, 1.165) is 13.0 Å². The third-order valence-corrected chi connectivity index (χ3v) is 5.10. The fraction of sp³-hybridized carbons (Fsp3) is 0.524. The highest BCUT2D eigenvalue weighted by molar-refractivity contribution is 5.33. The average Bonchev–Trinajstić information content (AvgIpc) is 2.52. The van der Waals surface area contributed by atoms with E-state index in [1.807, 2.05) is 0 Å². The minimum Gasteiger partial charge on any atom is -0.364 e. The maximum absolute atomic E-state index is 4.18. The Morgan fingerprint density at radius 3 is 2.41 bits per heavy atom. The molecule has 1 fully saturated rings. The average molecular weight is 297 g/mol. The van der Waals surface area contributed by atoms with Crippen LogP contribution in [0.2, 0.25) is 0 Å².